The lowest BCUT2D eigenvalue weighted by Crippen LogP contribution is -2.52. The molecule has 4 rings (SSSR count). The number of fused-ring (bicyclic) bond motifs is 1. The van der Waals surface area contributed by atoms with Gasteiger partial charge >= 0.3 is 0 Å². The number of ether oxygens (including phenoxy) is 1. The van der Waals surface area contributed by atoms with Crippen LogP contribution in [0.1, 0.15) is 16.7 Å². The SMILES string of the molecule is COc1cccc(CC(=O)N2CCN(CC(=O)N3CCc4ccccc4C3)CC2)c1. The van der Waals surface area contributed by atoms with Crippen LogP contribution in [0.4, 0.5) is 0 Å². The zero-order valence-electron chi connectivity index (χ0n) is 17.5. The van der Waals surface area contributed by atoms with Crippen molar-refractivity contribution in [2.45, 2.75) is 19.4 Å². The summed E-state index contributed by atoms with van der Waals surface area (Å²) in [6, 6.07) is 16.0. The van der Waals surface area contributed by atoms with Gasteiger partial charge in [0.1, 0.15) is 5.75 Å². The molecule has 0 radical (unpaired) electrons. The van der Waals surface area contributed by atoms with E-state index < -0.39 is 0 Å². The van der Waals surface area contributed by atoms with E-state index in [0.717, 1.165) is 37.4 Å². The molecule has 0 aliphatic carbocycles. The molecule has 2 amide bonds. The van der Waals surface area contributed by atoms with Gasteiger partial charge in [0.05, 0.1) is 20.1 Å². The Balaban J connectivity index is 1.24. The Kier molecular flexibility index (Phi) is 6.33. The number of hydrogen-bond donors (Lipinski definition) is 0. The van der Waals surface area contributed by atoms with E-state index in [-0.39, 0.29) is 11.8 Å². The summed E-state index contributed by atoms with van der Waals surface area (Å²) in [5.41, 5.74) is 3.57. The Bertz CT molecular complexity index is 906. The highest BCUT2D eigenvalue weighted by atomic mass is 16.5. The maximum absolute atomic E-state index is 12.8. The van der Waals surface area contributed by atoms with Crippen molar-refractivity contribution < 1.29 is 14.3 Å². The summed E-state index contributed by atoms with van der Waals surface area (Å²) in [4.78, 5) is 31.5. The van der Waals surface area contributed by atoms with Crippen LogP contribution in [0.15, 0.2) is 48.5 Å². The van der Waals surface area contributed by atoms with Gasteiger partial charge in [0.25, 0.3) is 0 Å². The first-order valence-electron chi connectivity index (χ1n) is 10.6. The molecule has 0 spiro atoms. The van der Waals surface area contributed by atoms with Gasteiger partial charge in [-0.3, -0.25) is 14.5 Å². The predicted molar refractivity (Wildman–Crippen MR) is 115 cm³/mol. The molecule has 2 heterocycles. The molecular formula is C24H29N3O3. The molecule has 2 aliphatic rings. The Morgan fingerprint density at radius 3 is 2.40 bits per heavy atom. The van der Waals surface area contributed by atoms with Crippen molar-refractivity contribution >= 4 is 11.8 Å². The van der Waals surface area contributed by atoms with Crippen molar-refractivity contribution in [3.8, 4) is 5.75 Å². The van der Waals surface area contributed by atoms with Crippen LogP contribution in [0.2, 0.25) is 0 Å². The molecule has 158 valence electrons. The summed E-state index contributed by atoms with van der Waals surface area (Å²) < 4.78 is 5.23. The molecular weight excluding hydrogens is 378 g/mol. The third-order valence-electron chi connectivity index (χ3n) is 6.06. The summed E-state index contributed by atoms with van der Waals surface area (Å²) >= 11 is 0. The van der Waals surface area contributed by atoms with Gasteiger partial charge in [0.2, 0.25) is 11.8 Å². The van der Waals surface area contributed by atoms with Gasteiger partial charge in [-0.25, -0.2) is 0 Å². The van der Waals surface area contributed by atoms with Crippen LogP contribution in [0.25, 0.3) is 0 Å². The van der Waals surface area contributed by atoms with E-state index >= 15 is 0 Å². The minimum absolute atomic E-state index is 0.127. The van der Waals surface area contributed by atoms with E-state index in [1.807, 2.05) is 40.1 Å². The predicted octanol–water partition coefficient (Wildman–Crippen LogP) is 1.97. The number of benzene rings is 2. The summed E-state index contributed by atoms with van der Waals surface area (Å²) in [6.07, 6.45) is 1.30. The van der Waals surface area contributed by atoms with Crippen LogP contribution in [0, 0.1) is 0 Å². The van der Waals surface area contributed by atoms with Gasteiger partial charge in [-0.15, -0.1) is 0 Å². The Morgan fingerprint density at radius 1 is 0.867 bits per heavy atom. The van der Waals surface area contributed by atoms with Gasteiger partial charge in [0.15, 0.2) is 0 Å². The second-order valence-electron chi connectivity index (χ2n) is 8.02. The minimum atomic E-state index is 0.127. The van der Waals surface area contributed by atoms with Crippen LogP contribution >= 0.6 is 0 Å². The topological polar surface area (TPSA) is 53.1 Å². The van der Waals surface area contributed by atoms with E-state index in [4.69, 9.17) is 4.74 Å². The number of nitrogens with zero attached hydrogens (tertiary/aromatic N) is 3. The number of rotatable bonds is 5. The second kappa shape index (κ2) is 9.30. The normalized spacial score (nSPS) is 16.8. The maximum Gasteiger partial charge on any atom is 0.237 e. The molecule has 2 aliphatic heterocycles. The molecule has 0 aromatic heterocycles. The molecule has 6 nitrogen and oxygen atoms in total. The Hall–Kier alpha value is -2.86. The van der Waals surface area contributed by atoms with Crippen molar-refractivity contribution in [1.82, 2.24) is 14.7 Å². The lowest BCUT2D eigenvalue weighted by atomic mass is 10.00. The monoisotopic (exact) mass is 407 g/mol. The lowest BCUT2D eigenvalue weighted by Gasteiger charge is -2.36. The third kappa shape index (κ3) is 4.82. The van der Waals surface area contributed by atoms with E-state index in [1.54, 1.807) is 7.11 Å². The van der Waals surface area contributed by atoms with Gasteiger partial charge in [-0.1, -0.05) is 36.4 Å². The molecule has 30 heavy (non-hydrogen) atoms. The van der Waals surface area contributed by atoms with Crippen molar-refractivity contribution in [3.63, 3.8) is 0 Å². The molecule has 1 saturated heterocycles. The molecule has 0 N–H and O–H groups in total. The summed E-state index contributed by atoms with van der Waals surface area (Å²) in [7, 11) is 1.63. The van der Waals surface area contributed by atoms with E-state index in [2.05, 4.69) is 23.1 Å². The number of piperazine rings is 1. The fourth-order valence-corrected chi connectivity index (χ4v) is 4.22. The molecule has 0 atom stereocenters. The van der Waals surface area contributed by atoms with Crippen molar-refractivity contribution in [2.24, 2.45) is 0 Å². The first-order valence-corrected chi connectivity index (χ1v) is 10.6. The minimum Gasteiger partial charge on any atom is -0.497 e. The average molecular weight is 408 g/mol. The van der Waals surface area contributed by atoms with Gasteiger partial charge in [0, 0.05) is 39.3 Å². The number of carbonyl (C=O) groups excluding carboxylic acids is 2. The van der Waals surface area contributed by atoms with Crippen LogP contribution < -0.4 is 4.74 Å². The van der Waals surface area contributed by atoms with Crippen molar-refractivity contribution in [3.05, 3.63) is 65.2 Å². The summed E-state index contributed by atoms with van der Waals surface area (Å²) in [5.74, 6) is 1.08. The number of hydrogen-bond acceptors (Lipinski definition) is 4. The van der Waals surface area contributed by atoms with Crippen LogP contribution in [0.3, 0.4) is 0 Å². The number of methoxy groups -OCH3 is 1. The summed E-state index contributed by atoms with van der Waals surface area (Å²) in [5, 5.41) is 0. The quantitative estimate of drug-likeness (QED) is 0.761. The molecule has 1 fully saturated rings. The molecule has 6 heteroatoms. The van der Waals surface area contributed by atoms with Crippen LogP contribution in [-0.2, 0) is 29.0 Å². The van der Waals surface area contributed by atoms with Crippen molar-refractivity contribution in [2.75, 3.05) is 46.4 Å². The smallest absolute Gasteiger partial charge is 0.237 e. The highest BCUT2D eigenvalue weighted by molar-refractivity contribution is 5.80. The summed E-state index contributed by atoms with van der Waals surface area (Å²) in [6.45, 7) is 4.72. The molecule has 0 unspecified atom stereocenters. The fraction of sp³-hybridized carbons (Fsp3) is 0.417. The molecule has 0 saturated carbocycles. The average Bonchev–Trinajstić information content (AvgIpc) is 2.79. The molecule has 2 aromatic rings. The van der Waals surface area contributed by atoms with Crippen LogP contribution in [-0.4, -0.2) is 72.9 Å². The number of amides is 2. The third-order valence-corrected chi connectivity index (χ3v) is 6.06. The Morgan fingerprint density at radius 2 is 1.63 bits per heavy atom. The standard InChI is InChI=1S/C24H29N3O3/c1-30-22-8-4-5-19(15-22)16-23(28)26-13-11-25(12-14-26)18-24(29)27-10-9-20-6-2-3-7-21(20)17-27/h2-8,15H,9-14,16-18H2,1H3. The second-order valence-corrected chi connectivity index (χ2v) is 8.02. The zero-order chi connectivity index (χ0) is 20.9. The lowest BCUT2D eigenvalue weighted by molar-refractivity contribution is -0.135. The highest BCUT2D eigenvalue weighted by Crippen LogP contribution is 2.19. The largest absolute Gasteiger partial charge is 0.497 e. The van der Waals surface area contributed by atoms with Crippen LogP contribution in [0.5, 0.6) is 5.75 Å². The van der Waals surface area contributed by atoms with E-state index in [9.17, 15) is 9.59 Å². The Labute approximate surface area is 178 Å². The molecule has 2 aromatic carbocycles. The molecule has 0 bridgehead atoms. The fourth-order valence-electron chi connectivity index (χ4n) is 4.22. The highest BCUT2D eigenvalue weighted by Gasteiger charge is 2.26. The van der Waals surface area contributed by atoms with Gasteiger partial charge in [-0.2, -0.15) is 0 Å². The van der Waals surface area contributed by atoms with E-state index in [1.165, 1.54) is 11.1 Å². The van der Waals surface area contributed by atoms with Crippen molar-refractivity contribution in [1.29, 1.82) is 0 Å². The van der Waals surface area contributed by atoms with Gasteiger partial charge < -0.3 is 14.5 Å². The van der Waals surface area contributed by atoms with E-state index in [0.29, 0.717) is 32.6 Å². The maximum atomic E-state index is 12.8. The zero-order valence-corrected chi connectivity index (χ0v) is 17.5. The first-order chi connectivity index (χ1) is 14.6. The van der Waals surface area contributed by atoms with Gasteiger partial charge in [-0.05, 0) is 35.2 Å². The first kappa shape index (κ1) is 20.4. The number of carbonyl (C=O) groups is 2.